The van der Waals surface area contributed by atoms with Crippen molar-refractivity contribution in [3.05, 3.63) is 52.9 Å². The third-order valence-corrected chi connectivity index (χ3v) is 6.96. The molecule has 140 valence electrons. The molecule has 26 heavy (non-hydrogen) atoms. The van der Waals surface area contributed by atoms with Crippen molar-refractivity contribution in [3.8, 4) is 0 Å². The lowest BCUT2D eigenvalue weighted by Crippen LogP contribution is -2.51. The Morgan fingerprint density at radius 2 is 2.00 bits per heavy atom. The molecule has 0 saturated carbocycles. The van der Waals surface area contributed by atoms with Gasteiger partial charge in [-0.3, -0.25) is 4.79 Å². The van der Waals surface area contributed by atoms with Crippen molar-refractivity contribution < 1.29 is 17.6 Å². The lowest BCUT2D eigenvalue weighted by molar-refractivity contribution is -0.135. The number of piperidine rings is 1. The molecule has 3 rings (SSSR count). The first-order valence-corrected chi connectivity index (χ1v) is 10.7. The first-order chi connectivity index (χ1) is 12.4. The van der Waals surface area contributed by atoms with Gasteiger partial charge in [0, 0.05) is 18.1 Å². The highest BCUT2D eigenvalue weighted by Crippen LogP contribution is 2.27. The summed E-state index contributed by atoms with van der Waals surface area (Å²) in [6, 6.07) is 9.37. The van der Waals surface area contributed by atoms with Gasteiger partial charge in [-0.2, -0.15) is 4.31 Å². The van der Waals surface area contributed by atoms with Crippen LogP contribution in [0.5, 0.6) is 0 Å². The molecule has 6 nitrogen and oxygen atoms in total. The second-order valence-electron chi connectivity index (χ2n) is 6.35. The summed E-state index contributed by atoms with van der Waals surface area (Å²) in [5.41, 5.74) is 0. The van der Waals surface area contributed by atoms with Crippen LogP contribution in [-0.4, -0.2) is 43.2 Å². The zero-order valence-corrected chi connectivity index (χ0v) is 16.9. The molecule has 0 bridgehead atoms. The van der Waals surface area contributed by atoms with Crippen molar-refractivity contribution in [2.45, 2.75) is 36.7 Å². The minimum atomic E-state index is -3.73. The summed E-state index contributed by atoms with van der Waals surface area (Å²) in [6.07, 6.45) is 3.66. The first-order valence-electron chi connectivity index (χ1n) is 8.44. The van der Waals surface area contributed by atoms with Gasteiger partial charge in [0.1, 0.15) is 11.8 Å². The maximum Gasteiger partial charge on any atom is 0.243 e. The van der Waals surface area contributed by atoms with E-state index in [4.69, 9.17) is 4.42 Å². The molecule has 1 aliphatic heterocycles. The summed E-state index contributed by atoms with van der Waals surface area (Å²) >= 11 is 3.31. The molecule has 1 amide bonds. The van der Waals surface area contributed by atoms with E-state index >= 15 is 0 Å². The fourth-order valence-corrected chi connectivity index (χ4v) is 5.07. The van der Waals surface area contributed by atoms with Crippen LogP contribution < -0.4 is 0 Å². The smallest absolute Gasteiger partial charge is 0.243 e. The summed E-state index contributed by atoms with van der Waals surface area (Å²) < 4.78 is 33.6. The van der Waals surface area contributed by atoms with E-state index in [-0.39, 0.29) is 10.8 Å². The molecular formula is C18H21BrN2O4S. The normalized spacial score (nSPS) is 18.6. The van der Waals surface area contributed by atoms with Gasteiger partial charge < -0.3 is 9.32 Å². The molecule has 8 heteroatoms. The van der Waals surface area contributed by atoms with E-state index < -0.39 is 16.1 Å². The minimum Gasteiger partial charge on any atom is -0.467 e. The van der Waals surface area contributed by atoms with Crippen LogP contribution in [0.4, 0.5) is 0 Å². The van der Waals surface area contributed by atoms with Crippen LogP contribution in [-0.2, 0) is 21.4 Å². The number of carbonyl (C=O) groups excluding carboxylic acids is 1. The highest BCUT2D eigenvalue weighted by molar-refractivity contribution is 9.10. The van der Waals surface area contributed by atoms with Gasteiger partial charge in [0.25, 0.3) is 0 Å². The molecule has 2 heterocycles. The van der Waals surface area contributed by atoms with Gasteiger partial charge in [0.05, 0.1) is 17.7 Å². The van der Waals surface area contributed by atoms with Gasteiger partial charge in [0.2, 0.25) is 15.9 Å². The Morgan fingerprint density at radius 1 is 1.27 bits per heavy atom. The van der Waals surface area contributed by atoms with Crippen molar-refractivity contribution in [1.29, 1.82) is 0 Å². The molecule has 0 spiro atoms. The fraction of sp³-hybridized carbons (Fsp3) is 0.389. The monoisotopic (exact) mass is 440 g/mol. The van der Waals surface area contributed by atoms with Crippen molar-refractivity contribution in [2.24, 2.45) is 0 Å². The number of rotatable bonds is 5. The maximum atomic E-state index is 13.1. The number of sulfonamides is 1. The van der Waals surface area contributed by atoms with Crippen LogP contribution >= 0.6 is 15.9 Å². The molecule has 1 aromatic carbocycles. The minimum absolute atomic E-state index is 0.203. The van der Waals surface area contributed by atoms with Crippen LogP contribution in [0, 0.1) is 0 Å². The van der Waals surface area contributed by atoms with Gasteiger partial charge >= 0.3 is 0 Å². The average molecular weight is 441 g/mol. The predicted molar refractivity (Wildman–Crippen MR) is 101 cm³/mol. The number of likely N-dealkylation sites (N-methyl/N-ethyl adjacent to an activating group) is 1. The second-order valence-corrected chi connectivity index (χ2v) is 9.16. The molecule has 1 fully saturated rings. The second kappa shape index (κ2) is 7.94. The summed E-state index contributed by atoms with van der Waals surface area (Å²) in [7, 11) is -2.06. The molecule has 2 aromatic rings. The Kier molecular flexibility index (Phi) is 5.84. The van der Waals surface area contributed by atoms with Gasteiger partial charge in [-0.15, -0.1) is 0 Å². The lowest BCUT2D eigenvalue weighted by atomic mass is 10.0. The van der Waals surface area contributed by atoms with E-state index in [0.717, 1.165) is 17.3 Å². The quantitative estimate of drug-likeness (QED) is 0.715. The number of hydrogen-bond acceptors (Lipinski definition) is 4. The molecule has 1 unspecified atom stereocenters. The average Bonchev–Trinajstić information content (AvgIpc) is 3.14. The summed E-state index contributed by atoms with van der Waals surface area (Å²) in [4.78, 5) is 14.7. The number of benzene rings is 1. The summed E-state index contributed by atoms with van der Waals surface area (Å²) in [5, 5.41) is 0. The van der Waals surface area contributed by atoms with Gasteiger partial charge in [-0.25, -0.2) is 8.42 Å². The van der Waals surface area contributed by atoms with Crippen molar-refractivity contribution in [1.82, 2.24) is 9.21 Å². The fourth-order valence-electron chi connectivity index (χ4n) is 3.15. The highest BCUT2D eigenvalue weighted by Gasteiger charge is 2.38. The van der Waals surface area contributed by atoms with Crippen LogP contribution in [0.25, 0.3) is 0 Å². The van der Waals surface area contributed by atoms with Crippen molar-refractivity contribution >= 4 is 31.9 Å². The Balaban J connectivity index is 1.82. The van der Waals surface area contributed by atoms with Crippen LogP contribution in [0.3, 0.4) is 0 Å². The van der Waals surface area contributed by atoms with Crippen molar-refractivity contribution in [2.75, 3.05) is 13.6 Å². The number of hydrogen-bond donors (Lipinski definition) is 0. The Hall–Kier alpha value is -1.64. The third-order valence-electron chi connectivity index (χ3n) is 4.51. The zero-order valence-electron chi connectivity index (χ0n) is 14.5. The largest absolute Gasteiger partial charge is 0.467 e. The first kappa shape index (κ1) is 19.1. The van der Waals surface area contributed by atoms with E-state index in [1.165, 1.54) is 9.21 Å². The van der Waals surface area contributed by atoms with Crippen LogP contribution in [0.15, 0.2) is 56.4 Å². The number of amides is 1. The predicted octanol–water partition coefficient (Wildman–Crippen LogP) is 3.24. The van der Waals surface area contributed by atoms with Gasteiger partial charge in [-0.05, 0) is 49.2 Å². The van der Waals surface area contributed by atoms with Crippen LogP contribution in [0.1, 0.15) is 25.0 Å². The van der Waals surface area contributed by atoms with E-state index in [1.807, 2.05) is 0 Å². The zero-order chi connectivity index (χ0) is 18.7. The maximum absolute atomic E-state index is 13.1. The Bertz CT molecular complexity index is 850. The molecular weight excluding hydrogens is 420 g/mol. The lowest BCUT2D eigenvalue weighted by Gasteiger charge is -2.35. The number of furan rings is 1. The molecule has 1 saturated heterocycles. The number of carbonyl (C=O) groups is 1. The summed E-state index contributed by atoms with van der Waals surface area (Å²) in [6.45, 7) is 0.665. The van der Waals surface area contributed by atoms with Crippen molar-refractivity contribution in [3.63, 3.8) is 0 Å². The highest BCUT2D eigenvalue weighted by atomic mass is 79.9. The third kappa shape index (κ3) is 4.02. The van der Waals surface area contributed by atoms with E-state index in [9.17, 15) is 13.2 Å². The number of nitrogens with zero attached hydrogens (tertiary/aromatic N) is 2. The van der Waals surface area contributed by atoms with E-state index in [2.05, 4.69) is 15.9 Å². The molecule has 1 atom stereocenters. The molecule has 1 aromatic heterocycles. The molecule has 1 aliphatic rings. The Morgan fingerprint density at radius 3 is 2.65 bits per heavy atom. The number of halogens is 1. The Labute approximate surface area is 162 Å². The van der Waals surface area contributed by atoms with E-state index in [0.29, 0.717) is 25.3 Å². The molecule has 0 aliphatic carbocycles. The topological polar surface area (TPSA) is 70.8 Å². The SMILES string of the molecule is CN(Cc1ccco1)C(=O)C1CCCCN1S(=O)(=O)c1ccc(Br)cc1. The van der Waals surface area contributed by atoms with Crippen LogP contribution in [0.2, 0.25) is 0 Å². The molecule has 0 N–H and O–H groups in total. The van der Waals surface area contributed by atoms with Gasteiger partial charge in [0.15, 0.2) is 0 Å². The molecule has 0 radical (unpaired) electrons. The summed E-state index contributed by atoms with van der Waals surface area (Å²) in [5.74, 6) is 0.459. The van der Waals surface area contributed by atoms with Gasteiger partial charge in [-0.1, -0.05) is 22.4 Å². The standard InChI is InChI=1S/C18H21BrN2O4S/c1-20(13-15-5-4-12-25-15)18(22)17-6-2-3-11-21(17)26(23,24)16-9-7-14(19)8-10-16/h4-5,7-10,12,17H,2-3,6,11,13H2,1H3. The van der Waals surface area contributed by atoms with E-state index in [1.54, 1.807) is 49.7 Å².